The van der Waals surface area contributed by atoms with Gasteiger partial charge in [-0.25, -0.2) is 4.98 Å². The van der Waals surface area contributed by atoms with Gasteiger partial charge in [0.25, 0.3) is 5.71 Å². The molecular formula is C22H24F3N3O3. The van der Waals surface area contributed by atoms with Crippen LogP contribution in [0.2, 0.25) is 0 Å². The Morgan fingerprint density at radius 2 is 1.77 bits per heavy atom. The van der Waals surface area contributed by atoms with Gasteiger partial charge in [0, 0.05) is 18.2 Å². The molecule has 1 fully saturated rings. The third kappa shape index (κ3) is 4.19. The molecule has 3 aromatic rings. The highest BCUT2D eigenvalue weighted by molar-refractivity contribution is 5.81. The van der Waals surface area contributed by atoms with E-state index in [0.717, 1.165) is 23.1 Å². The summed E-state index contributed by atoms with van der Waals surface area (Å²) in [7, 11) is 3.24. The van der Waals surface area contributed by atoms with Crippen molar-refractivity contribution >= 4 is 11.1 Å². The molecule has 1 saturated heterocycles. The number of likely N-dealkylation sites (tertiary alicyclic amines) is 1. The lowest BCUT2D eigenvalue weighted by molar-refractivity contribution is -0.136. The van der Waals surface area contributed by atoms with Crippen LogP contribution in [-0.4, -0.2) is 42.3 Å². The summed E-state index contributed by atoms with van der Waals surface area (Å²) in [5.74, 6) is 1.38. The van der Waals surface area contributed by atoms with Crippen LogP contribution in [0.15, 0.2) is 28.8 Å². The third-order valence-corrected chi connectivity index (χ3v) is 5.79. The third-order valence-electron chi connectivity index (χ3n) is 5.79. The molecule has 0 aliphatic carbocycles. The van der Waals surface area contributed by atoms with Gasteiger partial charge in [0.05, 0.1) is 36.4 Å². The quantitative estimate of drug-likeness (QED) is 0.565. The van der Waals surface area contributed by atoms with Gasteiger partial charge in [0.1, 0.15) is 11.5 Å². The summed E-state index contributed by atoms with van der Waals surface area (Å²) < 4.78 is 57.1. The zero-order chi connectivity index (χ0) is 22.2. The van der Waals surface area contributed by atoms with E-state index in [1.165, 1.54) is 6.92 Å². The molecule has 2 aromatic heterocycles. The average molecular weight is 435 g/mol. The fourth-order valence-corrected chi connectivity index (χ4v) is 4.27. The maximum absolute atomic E-state index is 13.6. The topological polar surface area (TPSA) is 60.6 Å². The molecule has 0 spiro atoms. The Morgan fingerprint density at radius 3 is 2.35 bits per heavy atom. The second kappa shape index (κ2) is 8.37. The number of halogens is 3. The highest BCUT2D eigenvalue weighted by Gasteiger charge is 2.37. The Kier molecular flexibility index (Phi) is 5.79. The van der Waals surface area contributed by atoms with E-state index >= 15 is 0 Å². The zero-order valence-electron chi connectivity index (χ0n) is 17.6. The molecule has 3 heterocycles. The molecule has 166 valence electrons. The first kappa shape index (κ1) is 21.4. The van der Waals surface area contributed by atoms with E-state index in [2.05, 4.69) is 15.0 Å². The molecule has 0 atom stereocenters. The van der Waals surface area contributed by atoms with Gasteiger partial charge in [-0.15, -0.1) is 0 Å². The summed E-state index contributed by atoms with van der Waals surface area (Å²) in [5.41, 5.74) is 0.778. The standard InChI is InChI=1S/C22H24F3N3O3/c1-13-11-16(22(23,24)25)19-20(27-31-21(19)26-13)14-7-9-28(10-8-14)12-15-17(29-2)5-4-6-18(15)30-3/h4-6,11,14H,7-10,12H2,1-3H3. The van der Waals surface area contributed by atoms with Crippen LogP contribution in [0, 0.1) is 6.92 Å². The number of hydrogen-bond donors (Lipinski definition) is 0. The molecule has 1 aliphatic rings. The number of piperidine rings is 1. The van der Waals surface area contributed by atoms with Gasteiger partial charge in [0.2, 0.25) is 0 Å². The molecule has 0 amide bonds. The minimum atomic E-state index is -4.49. The van der Waals surface area contributed by atoms with E-state index in [-0.39, 0.29) is 22.7 Å². The summed E-state index contributed by atoms with van der Waals surface area (Å²) in [6.45, 7) is 3.57. The summed E-state index contributed by atoms with van der Waals surface area (Å²) in [4.78, 5) is 6.35. The number of hydrogen-bond acceptors (Lipinski definition) is 6. The van der Waals surface area contributed by atoms with E-state index in [1.54, 1.807) is 14.2 Å². The van der Waals surface area contributed by atoms with Crippen LogP contribution in [0.1, 0.15) is 41.3 Å². The monoisotopic (exact) mass is 435 g/mol. The predicted octanol–water partition coefficient (Wildman–Crippen LogP) is 4.95. The SMILES string of the molecule is COc1cccc(OC)c1CN1CCC(c2noc3nc(C)cc(C(F)(F)F)c23)CC1. The van der Waals surface area contributed by atoms with Crippen LogP contribution < -0.4 is 9.47 Å². The summed E-state index contributed by atoms with van der Waals surface area (Å²) >= 11 is 0. The lowest BCUT2D eigenvalue weighted by atomic mass is 9.90. The number of aromatic nitrogens is 2. The van der Waals surface area contributed by atoms with Crippen LogP contribution in [0.3, 0.4) is 0 Å². The van der Waals surface area contributed by atoms with Crippen molar-refractivity contribution < 1.29 is 27.2 Å². The van der Waals surface area contributed by atoms with Crippen molar-refractivity contribution in [2.24, 2.45) is 0 Å². The predicted molar refractivity (Wildman–Crippen MR) is 108 cm³/mol. The molecule has 1 aliphatic heterocycles. The molecule has 4 rings (SSSR count). The molecule has 6 nitrogen and oxygen atoms in total. The Balaban J connectivity index is 1.55. The maximum Gasteiger partial charge on any atom is 0.417 e. The number of pyridine rings is 1. The number of nitrogens with zero attached hydrogens (tertiary/aromatic N) is 3. The van der Waals surface area contributed by atoms with Crippen molar-refractivity contribution in [1.82, 2.24) is 15.0 Å². The van der Waals surface area contributed by atoms with Crippen LogP contribution >= 0.6 is 0 Å². The van der Waals surface area contributed by atoms with E-state index < -0.39 is 11.7 Å². The molecule has 0 bridgehead atoms. The van der Waals surface area contributed by atoms with Crippen molar-refractivity contribution in [3.63, 3.8) is 0 Å². The molecule has 0 saturated carbocycles. The first-order valence-corrected chi connectivity index (χ1v) is 10.1. The maximum atomic E-state index is 13.6. The zero-order valence-corrected chi connectivity index (χ0v) is 17.6. The molecule has 0 N–H and O–H groups in total. The number of benzene rings is 1. The number of alkyl halides is 3. The van der Waals surface area contributed by atoms with E-state index in [1.807, 2.05) is 18.2 Å². The number of fused-ring (bicyclic) bond motifs is 1. The van der Waals surface area contributed by atoms with Gasteiger partial charge in [-0.2, -0.15) is 13.2 Å². The smallest absolute Gasteiger partial charge is 0.417 e. The molecule has 9 heteroatoms. The lowest BCUT2D eigenvalue weighted by Crippen LogP contribution is -2.33. The lowest BCUT2D eigenvalue weighted by Gasteiger charge is -2.32. The second-order valence-electron chi connectivity index (χ2n) is 7.75. The minimum Gasteiger partial charge on any atom is -0.496 e. The van der Waals surface area contributed by atoms with Gasteiger partial charge in [-0.05, 0) is 51.1 Å². The van der Waals surface area contributed by atoms with E-state index in [4.69, 9.17) is 14.0 Å². The van der Waals surface area contributed by atoms with Crippen LogP contribution in [0.4, 0.5) is 13.2 Å². The number of methoxy groups -OCH3 is 2. The fraction of sp³-hybridized carbons (Fsp3) is 0.455. The summed E-state index contributed by atoms with van der Waals surface area (Å²) in [5, 5.41) is 3.99. The first-order chi connectivity index (χ1) is 14.8. The minimum absolute atomic E-state index is 0.0112. The molecular weight excluding hydrogens is 411 g/mol. The van der Waals surface area contributed by atoms with Crippen molar-refractivity contribution in [2.45, 2.75) is 38.4 Å². The van der Waals surface area contributed by atoms with E-state index in [0.29, 0.717) is 38.2 Å². The first-order valence-electron chi connectivity index (χ1n) is 10.1. The molecule has 31 heavy (non-hydrogen) atoms. The molecule has 0 unspecified atom stereocenters. The highest BCUT2D eigenvalue weighted by Crippen LogP contribution is 2.41. The molecule has 1 aromatic carbocycles. The van der Waals surface area contributed by atoms with Crippen LogP contribution in [-0.2, 0) is 12.7 Å². The van der Waals surface area contributed by atoms with Gasteiger partial charge >= 0.3 is 6.18 Å². The highest BCUT2D eigenvalue weighted by atomic mass is 19.4. The van der Waals surface area contributed by atoms with Gasteiger partial charge < -0.3 is 14.0 Å². The Bertz CT molecular complexity index is 1050. The van der Waals surface area contributed by atoms with Crippen molar-refractivity contribution in [3.8, 4) is 11.5 Å². The van der Waals surface area contributed by atoms with Crippen molar-refractivity contribution in [3.05, 3.63) is 46.8 Å². The number of ether oxygens (including phenoxy) is 2. The van der Waals surface area contributed by atoms with Crippen molar-refractivity contribution in [2.75, 3.05) is 27.3 Å². The summed E-state index contributed by atoms with van der Waals surface area (Å²) in [6, 6.07) is 6.71. The number of aryl methyl sites for hydroxylation is 1. The number of rotatable bonds is 5. The fourth-order valence-electron chi connectivity index (χ4n) is 4.27. The van der Waals surface area contributed by atoms with Gasteiger partial charge in [0.15, 0.2) is 0 Å². The van der Waals surface area contributed by atoms with Gasteiger partial charge in [-0.3, -0.25) is 4.90 Å². The Labute approximate surface area is 177 Å². The Hall–Kier alpha value is -2.81. The van der Waals surface area contributed by atoms with Crippen LogP contribution in [0.25, 0.3) is 11.1 Å². The largest absolute Gasteiger partial charge is 0.496 e. The summed E-state index contributed by atoms with van der Waals surface area (Å²) in [6.07, 6.45) is -3.15. The molecule has 0 radical (unpaired) electrons. The normalized spacial score (nSPS) is 16.1. The van der Waals surface area contributed by atoms with Crippen LogP contribution in [0.5, 0.6) is 11.5 Å². The van der Waals surface area contributed by atoms with Gasteiger partial charge in [-0.1, -0.05) is 11.2 Å². The Morgan fingerprint density at radius 1 is 1.13 bits per heavy atom. The van der Waals surface area contributed by atoms with E-state index in [9.17, 15) is 13.2 Å². The average Bonchev–Trinajstić information content (AvgIpc) is 3.16. The van der Waals surface area contributed by atoms with Crippen molar-refractivity contribution in [1.29, 1.82) is 0 Å². The second-order valence-corrected chi connectivity index (χ2v) is 7.75.